The van der Waals surface area contributed by atoms with E-state index in [1.54, 1.807) is 12.1 Å². The number of thiazole rings is 1. The normalized spacial score (nSPS) is 11.9. The van der Waals surface area contributed by atoms with Gasteiger partial charge in [0.15, 0.2) is 17.3 Å². The van der Waals surface area contributed by atoms with Gasteiger partial charge in [0.1, 0.15) is 0 Å². The summed E-state index contributed by atoms with van der Waals surface area (Å²) in [6.07, 6.45) is 2.73. The van der Waals surface area contributed by atoms with Crippen molar-refractivity contribution in [3.63, 3.8) is 0 Å². The molecule has 0 aliphatic rings. The Bertz CT molecular complexity index is 1280. The summed E-state index contributed by atoms with van der Waals surface area (Å²) < 4.78 is 13.3. The summed E-state index contributed by atoms with van der Waals surface area (Å²) in [4.78, 5) is 17.9. The highest BCUT2D eigenvalue weighted by atomic mass is 35.5. The number of hydrogen-bond donors (Lipinski definition) is 0. The molecule has 0 unspecified atom stereocenters. The van der Waals surface area contributed by atoms with E-state index in [0.29, 0.717) is 45.1 Å². The number of hydrogen-bond acceptors (Lipinski definition) is 6. The van der Waals surface area contributed by atoms with Crippen LogP contribution < -0.4 is 19.6 Å². The van der Waals surface area contributed by atoms with Crippen LogP contribution >= 0.6 is 22.9 Å². The van der Waals surface area contributed by atoms with E-state index >= 15 is 0 Å². The van der Waals surface area contributed by atoms with Gasteiger partial charge in [-0.2, -0.15) is 9.50 Å². The number of halogens is 1. The molecule has 0 radical (unpaired) electrons. The molecular weight excluding hydrogens is 422 g/mol. The molecule has 6 nitrogen and oxygen atoms in total. The Kier molecular flexibility index (Phi) is 6.01. The van der Waals surface area contributed by atoms with Crippen molar-refractivity contribution in [1.29, 1.82) is 0 Å². The van der Waals surface area contributed by atoms with Crippen molar-refractivity contribution in [2.75, 3.05) is 13.2 Å². The van der Waals surface area contributed by atoms with Gasteiger partial charge in [0.05, 0.1) is 17.7 Å². The first-order chi connectivity index (χ1) is 14.6. The highest BCUT2D eigenvalue weighted by molar-refractivity contribution is 7.15. The molecule has 4 aromatic rings. The highest BCUT2D eigenvalue weighted by Gasteiger charge is 2.12. The minimum atomic E-state index is -0.202. The zero-order valence-electron chi connectivity index (χ0n) is 16.6. The Morgan fingerprint density at radius 3 is 2.60 bits per heavy atom. The van der Waals surface area contributed by atoms with Crippen molar-refractivity contribution in [3.8, 4) is 22.9 Å². The van der Waals surface area contributed by atoms with Gasteiger partial charge in [0.25, 0.3) is 5.56 Å². The third-order valence-electron chi connectivity index (χ3n) is 4.31. The molecule has 2 heterocycles. The molecule has 2 aromatic carbocycles. The second-order valence-electron chi connectivity index (χ2n) is 6.54. The Labute approximate surface area is 182 Å². The predicted octanol–water partition coefficient (Wildman–Crippen LogP) is 4.21. The maximum absolute atomic E-state index is 12.8. The number of ether oxygens (including phenoxy) is 2. The van der Waals surface area contributed by atoms with E-state index in [9.17, 15) is 4.79 Å². The van der Waals surface area contributed by atoms with Gasteiger partial charge >= 0.3 is 0 Å². The lowest BCUT2D eigenvalue weighted by Gasteiger charge is -2.11. The van der Waals surface area contributed by atoms with Gasteiger partial charge in [-0.15, -0.1) is 5.10 Å². The molecule has 4 rings (SSSR count). The van der Waals surface area contributed by atoms with E-state index < -0.39 is 0 Å². The lowest BCUT2D eigenvalue weighted by Crippen LogP contribution is -2.23. The molecule has 0 bridgehead atoms. The Hall–Kier alpha value is -2.90. The second kappa shape index (κ2) is 8.85. The molecule has 0 aliphatic heterocycles. The lowest BCUT2D eigenvalue weighted by molar-refractivity contribution is 0.277. The van der Waals surface area contributed by atoms with Gasteiger partial charge in [-0.1, -0.05) is 35.9 Å². The maximum atomic E-state index is 12.8. The summed E-state index contributed by atoms with van der Waals surface area (Å²) in [5.74, 6) is 1.86. The van der Waals surface area contributed by atoms with Crippen LogP contribution in [0.15, 0.2) is 47.3 Å². The first kappa shape index (κ1) is 20.4. The molecule has 0 fully saturated rings. The molecule has 0 aliphatic carbocycles. The number of benzene rings is 2. The minimum absolute atomic E-state index is 0.202. The summed E-state index contributed by atoms with van der Waals surface area (Å²) in [7, 11) is 0. The van der Waals surface area contributed by atoms with Crippen LogP contribution in [0.4, 0.5) is 0 Å². The van der Waals surface area contributed by atoms with Crippen molar-refractivity contribution in [2.24, 2.45) is 0 Å². The quantitative estimate of drug-likeness (QED) is 0.430. The van der Waals surface area contributed by atoms with Crippen molar-refractivity contribution in [3.05, 3.63) is 67.9 Å². The largest absolute Gasteiger partial charge is 0.490 e. The fourth-order valence-corrected chi connectivity index (χ4v) is 3.95. The fourth-order valence-electron chi connectivity index (χ4n) is 2.92. The molecule has 0 spiro atoms. The molecule has 0 atom stereocenters. The third kappa shape index (κ3) is 4.17. The van der Waals surface area contributed by atoms with Crippen LogP contribution in [-0.4, -0.2) is 27.8 Å². The van der Waals surface area contributed by atoms with Gasteiger partial charge < -0.3 is 9.47 Å². The summed E-state index contributed by atoms with van der Waals surface area (Å²) in [6.45, 7) is 5.13. The van der Waals surface area contributed by atoms with E-state index in [0.717, 1.165) is 17.5 Å². The van der Waals surface area contributed by atoms with Gasteiger partial charge in [0.2, 0.25) is 4.96 Å². The smallest absolute Gasteiger partial charge is 0.291 e. The van der Waals surface area contributed by atoms with Gasteiger partial charge in [0, 0.05) is 10.6 Å². The number of rotatable bonds is 7. The molecule has 154 valence electrons. The summed E-state index contributed by atoms with van der Waals surface area (Å²) in [5, 5.41) is 5.00. The molecule has 30 heavy (non-hydrogen) atoms. The van der Waals surface area contributed by atoms with Crippen molar-refractivity contribution >= 4 is 34.0 Å². The van der Waals surface area contributed by atoms with Crippen molar-refractivity contribution in [2.45, 2.75) is 20.3 Å². The van der Waals surface area contributed by atoms with Crippen LogP contribution in [-0.2, 0) is 0 Å². The van der Waals surface area contributed by atoms with Crippen LogP contribution in [0.1, 0.15) is 25.8 Å². The average molecular weight is 442 g/mol. The van der Waals surface area contributed by atoms with Gasteiger partial charge in [-0.05, 0) is 61.4 Å². The summed E-state index contributed by atoms with van der Waals surface area (Å²) in [5.41, 5.74) is 1.46. The minimum Gasteiger partial charge on any atom is -0.490 e. The molecular formula is C22H20ClN3O3S. The average Bonchev–Trinajstić information content (AvgIpc) is 3.28. The standard InChI is InChI=1S/C22H20ClN3O3S/c1-3-11-29-17-10-5-14(12-18(17)28-4-2)13-19-21(27)26-22(30-19)24-20(25-26)15-6-8-16(23)9-7-15/h5-10,12-13H,3-4,11H2,1-2H3/b19-13-. The zero-order valence-corrected chi connectivity index (χ0v) is 18.2. The first-order valence-corrected chi connectivity index (χ1v) is 10.9. The molecule has 2 aromatic heterocycles. The van der Waals surface area contributed by atoms with Crippen molar-refractivity contribution in [1.82, 2.24) is 14.6 Å². The summed E-state index contributed by atoms with van der Waals surface area (Å²) in [6, 6.07) is 12.9. The number of fused-ring (bicyclic) bond motifs is 1. The predicted molar refractivity (Wildman–Crippen MR) is 120 cm³/mol. The first-order valence-electron chi connectivity index (χ1n) is 9.66. The van der Waals surface area contributed by atoms with Crippen LogP contribution in [0.3, 0.4) is 0 Å². The number of aromatic nitrogens is 3. The molecule has 0 saturated carbocycles. The molecule has 0 N–H and O–H groups in total. The van der Waals surface area contributed by atoms with Crippen molar-refractivity contribution < 1.29 is 9.47 Å². The molecule has 8 heteroatoms. The second-order valence-corrected chi connectivity index (χ2v) is 7.99. The van der Waals surface area contributed by atoms with Crippen LogP contribution in [0.2, 0.25) is 5.02 Å². The molecule has 0 amide bonds. The van der Waals surface area contributed by atoms with E-state index in [4.69, 9.17) is 21.1 Å². The maximum Gasteiger partial charge on any atom is 0.291 e. The third-order valence-corrected chi connectivity index (χ3v) is 5.52. The van der Waals surface area contributed by atoms with Crippen LogP contribution in [0, 0.1) is 0 Å². The van der Waals surface area contributed by atoms with E-state index in [-0.39, 0.29) is 5.56 Å². The molecule has 0 saturated heterocycles. The summed E-state index contributed by atoms with van der Waals surface area (Å²) >= 11 is 7.23. The van der Waals surface area contributed by atoms with E-state index in [2.05, 4.69) is 17.0 Å². The Morgan fingerprint density at radius 2 is 1.90 bits per heavy atom. The van der Waals surface area contributed by atoms with Gasteiger partial charge in [-0.25, -0.2) is 0 Å². The SMILES string of the molecule is CCCOc1ccc(/C=c2\sc3nc(-c4ccc(Cl)cc4)nn3c2=O)cc1OCC. The monoisotopic (exact) mass is 441 g/mol. The van der Waals surface area contributed by atoms with Gasteiger partial charge in [-0.3, -0.25) is 4.79 Å². The fraction of sp³-hybridized carbons (Fsp3) is 0.227. The topological polar surface area (TPSA) is 65.7 Å². The number of nitrogens with zero attached hydrogens (tertiary/aromatic N) is 3. The van der Waals surface area contributed by atoms with Crippen LogP contribution in [0.5, 0.6) is 11.5 Å². The highest BCUT2D eigenvalue weighted by Crippen LogP contribution is 2.29. The van der Waals surface area contributed by atoms with E-state index in [1.165, 1.54) is 15.9 Å². The van der Waals surface area contributed by atoms with Crippen LogP contribution in [0.25, 0.3) is 22.4 Å². The zero-order chi connectivity index (χ0) is 21.1. The lowest BCUT2D eigenvalue weighted by atomic mass is 10.2. The Balaban J connectivity index is 1.70. The Morgan fingerprint density at radius 1 is 1.10 bits per heavy atom. The van der Waals surface area contributed by atoms with E-state index in [1.807, 2.05) is 43.3 Å².